The van der Waals surface area contributed by atoms with Crippen molar-refractivity contribution < 1.29 is 27.1 Å². The molecule has 0 radical (unpaired) electrons. The van der Waals surface area contributed by atoms with Crippen molar-refractivity contribution in [2.75, 3.05) is 24.2 Å². The molecular weight excluding hydrogens is 545 g/mol. The lowest BCUT2D eigenvalue weighted by Crippen LogP contribution is -2.28. The van der Waals surface area contributed by atoms with Crippen molar-refractivity contribution in [1.29, 1.82) is 0 Å². The van der Waals surface area contributed by atoms with Gasteiger partial charge in [0, 0.05) is 24.6 Å². The molecule has 0 saturated heterocycles. The van der Waals surface area contributed by atoms with Crippen molar-refractivity contribution >= 4 is 28.0 Å². The number of carbonyl (C=O) groups is 1. The average molecular weight is 592 g/mol. The van der Waals surface area contributed by atoms with Gasteiger partial charge >= 0.3 is 5.97 Å². The van der Waals surface area contributed by atoms with Crippen LogP contribution in [0.15, 0.2) is 30.3 Å². The average Bonchev–Trinajstić information content (AvgIpc) is 2.85. The quantitative estimate of drug-likeness (QED) is 0.177. The minimum absolute atomic E-state index is 0.00398. The van der Waals surface area contributed by atoms with Gasteiger partial charge in [-0.05, 0) is 69.7 Å². The van der Waals surface area contributed by atoms with Gasteiger partial charge in [0.2, 0.25) is 16.0 Å². The summed E-state index contributed by atoms with van der Waals surface area (Å²) in [6.45, 7) is 14.3. The smallest absolute Gasteiger partial charge is 0.306 e. The number of carbonyl (C=O) groups excluding carboxylic acids is 1. The zero-order valence-corrected chi connectivity index (χ0v) is 26.7. The van der Waals surface area contributed by atoms with E-state index in [1.807, 2.05) is 60.6 Å². The van der Waals surface area contributed by atoms with Gasteiger partial charge in [-0.2, -0.15) is 0 Å². The Labute approximate surface area is 245 Å². The van der Waals surface area contributed by atoms with E-state index in [1.54, 1.807) is 12.1 Å². The lowest BCUT2D eigenvalue weighted by atomic mass is 9.95. The molecule has 2 rings (SSSR count). The molecule has 8 nitrogen and oxygen atoms in total. The fourth-order valence-electron chi connectivity index (χ4n) is 4.17. The highest BCUT2D eigenvalue weighted by atomic mass is 32.2. The second-order valence-corrected chi connectivity index (χ2v) is 13.8. The second kappa shape index (κ2) is 14.9. The van der Waals surface area contributed by atoms with Crippen LogP contribution in [0.5, 0.6) is 0 Å². The molecule has 0 spiro atoms. The van der Waals surface area contributed by atoms with E-state index >= 15 is 0 Å². The van der Waals surface area contributed by atoms with Gasteiger partial charge < -0.3 is 9.47 Å². The van der Waals surface area contributed by atoms with Gasteiger partial charge in [-0.3, -0.25) is 4.79 Å². The molecular formula is C31H46FN3O5S. The first-order valence-electron chi connectivity index (χ1n) is 14.1. The number of aromatic nitrogens is 2. The number of sulfonamides is 1. The van der Waals surface area contributed by atoms with Crippen LogP contribution in [0.3, 0.4) is 0 Å². The number of ether oxygens (including phenoxy) is 2. The standard InChI is InChI=1S/C31H46FN3O5S/c1-10-11-18-39-27(36)20-22(4)19-25(40-31(5,6)7)16-17-26-28(21(2)3)33-30(35(8)41(9,37)38)34-29(26)23-12-14-24(32)15-13-23/h12-17,21-22,25H,10-11,18-20H2,1-9H3/b17-16+/t22?,25-/m1/s1. The molecule has 1 unspecified atom stereocenters. The largest absolute Gasteiger partial charge is 0.466 e. The summed E-state index contributed by atoms with van der Waals surface area (Å²) in [4.78, 5) is 21.6. The highest BCUT2D eigenvalue weighted by Gasteiger charge is 2.24. The summed E-state index contributed by atoms with van der Waals surface area (Å²) in [6.07, 6.45) is 7.24. The first kappa shape index (κ1) is 34.4. The Morgan fingerprint density at radius 1 is 1.12 bits per heavy atom. The van der Waals surface area contributed by atoms with Crippen LogP contribution in [0.25, 0.3) is 17.3 Å². The fraction of sp³-hybridized carbons (Fsp3) is 0.581. The molecule has 1 aromatic heterocycles. The summed E-state index contributed by atoms with van der Waals surface area (Å²) < 4.78 is 51.2. The van der Waals surface area contributed by atoms with E-state index < -0.39 is 21.4 Å². The highest BCUT2D eigenvalue weighted by molar-refractivity contribution is 7.92. The molecule has 2 atom stereocenters. The molecule has 0 aliphatic heterocycles. The Hall–Kier alpha value is -2.85. The van der Waals surface area contributed by atoms with Gasteiger partial charge in [-0.1, -0.05) is 46.3 Å². The number of halogens is 1. The summed E-state index contributed by atoms with van der Waals surface area (Å²) in [6, 6.07) is 5.90. The zero-order valence-electron chi connectivity index (χ0n) is 25.9. The third kappa shape index (κ3) is 11.2. The molecule has 0 fully saturated rings. The zero-order chi connectivity index (χ0) is 31.0. The summed E-state index contributed by atoms with van der Waals surface area (Å²) in [5.74, 6) is -0.653. The second-order valence-electron chi connectivity index (χ2n) is 11.8. The van der Waals surface area contributed by atoms with E-state index in [2.05, 4.69) is 9.97 Å². The van der Waals surface area contributed by atoms with E-state index in [1.165, 1.54) is 19.2 Å². The van der Waals surface area contributed by atoms with Crippen LogP contribution < -0.4 is 4.31 Å². The first-order valence-corrected chi connectivity index (χ1v) is 16.0. The van der Waals surface area contributed by atoms with Gasteiger partial charge in [0.15, 0.2) is 0 Å². The fourth-order valence-corrected chi connectivity index (χ4v) is 4.55. The Morgan fingerprint density at radius 3 is 2.29 bits per heavy atom. The predicted molar refractivity (Wildman–Crippen MR) is 163 cm³/mol. The summed E-state index contributed by atoms with van der Waals surface area (Å²) in [7, 11) is -2.22. The molecule has 0 N–H and O–H groups in total. The molecule has 10 heteroatoms. The summed E-state index contributed by atoms with van der Waals surface area (Å²) in [5.41, 5.74) is 1.98. The number of esters is 1. The Balaban J connectivity index is 2.56. The maximum absolute atomic E-state index is 13.8. The van der Waals surface area contributed by atoms with Crippen molar-refractivity contribution in [2.45, 2.75) is 91.8 Å². The number of hydrogen-bond acceptors (Lipinski definition) is 7. The maximum Gasteiger partial charge on any atom is 0.306 e. The van der Waals surface area contributed by atoms with Crippen molar-refractivity contribution in [3.8, 4) is 11.3 Å². The van der Waals surface area contributed by atoms with Crippen LogP contribution in [-0.2, 0) is 24.3 Å². The van der Waals surface area contributed by atoms with E-state index in [4.69, 9.17) is 9.47 Å². The number of benzene rings is 1. The lowest BCUT2D eigenvalue weighted by molar-refractivity contribution is -0.145. The number of anilines is 1. The molecule has 1 aromatic carbocycles. The molecule has 0 bridgehead atoms. The molecule has 2 aromatic rings. The van der Waals surface area contributed by atoms with Gasteiger partial charge in [0.1, 0.15) is 5.82 Å². The third-order valence-electron chi connectivity index (χ3n) is 6.30. The Morgan fingerprint density at radius 2 is 1.76 bits per heavy atom. The van der Waals surface area contributed by atoms with Crippen molar-refractivity contribution in [1.82, 2.24) is 9.97 Å². The number of nitrogens with zero attached hydrogens (tertiary/aromatic N) is 3. The van der Waals surface area contributed by atoms with Crippen LogP contribution in [0, 0.1) is 11.7 Å². The van der Waals surface area contributed by atoms with Crippen molar-refractivity contribution in [3.05, 3.63) is 47.4 Å². The minimum atomic E-state index is -3.62. The summed E-state index contributed by atoms with van der Waals surface area (Å²) in [5, 5.41) is 0. The lowest BCUT2D eigenvalue weighted by Gasteiger charge is -2.27. The predicted octanol–water partition coefficient (Wildman–Crippen LogP) is 6.76. The molecule has 0 aliphatic rings. The number of hydrogen-bond donors (Lipinski definition) is 0. The minimum Gasteiger partial charge on any atom is -0.466 e. The molecule has 41 heavy (non-hydrogen) atoms. The van der Waals surface area contributed by atoms with Crippen LogP contribution in [0.4, 0.5) is 10.3 Å². The highest BCUT2D eigenvalue weighted by Crippen LogP contribution is 2.32. The van der Waals surface area contributed by atoms with Gasteiger partial charge in [0.05, 0.1) is 36.0 Å². The molecule has 0 aliphatic carbocycles. The van der Waals surface area contributed by atoms with Crippen LogP contribution in [0.1, 0.15) is 91.3 Å². The van der Waals surface area contributed by atoms with E-state index in [9.17, 15) is 17.6 Å². The van der Waals surface area contributed by atoms with Crippen molar-refractivity contribution in [2.24, 2.45) is 5.92 Å². The van der Waals surface area contributed by atoms with Gasteiger partial charge in [-0.15, -0.1) is 0 Å². The topological polar surface area (TPSA) is 98.7 Å². The first-order chi connectivity index (χ1) is 19.0. The van der Waals surface area contributed by atoms with Gasteiger partial charge in [-0.25, -0.2) is 27.1 Å². The maximum atomic E-state index is 13.8. The monoisotopic (exact) mass is 591 g/mol. The molecule has 1 heterocycles. The van der Waals surface area contributed by atoms with Crippen LogP contribution in [-0.4, -0.2) is 56.0 Å². The van der Waals surface area contributed by atoms with Crippen LogP contribution in [0.2, 0.25) is 0 Å². The number of rotatable bonds is 14. The SMILES string of the molecule is CCCCOC(=O)CC(C)C[C@@H](/C=C/c1c(-c2ccc(F)cc2)nc(N(C)S(C)(=O)=O)nc1C(C)C)OC(C)(C)C. The summed E-state index contributed by atoms with van der Waals surface area (Å²) >= 11 is 0. The van der Waals surface area contributed by atoms with Gasteiger partial charge in [0.25, 0.3) is 0 Å². The van der Waals surface area contributed by atoms with E-state index in [0.717, 1.165) is 23.4 Å². The Kier molecular flexibility index (Phi) is 12.5. The van der Waals surface area contributed by atoms with E-state index in [0.29, 0.717) is 35.5 Å². The third-order valence-corrected chi connectivity index (χ3v) is 7.46. The molecule has 0 saturated carbocycles. The molecule has 0 amide bonds. The molecule has 228 valence electrons. The van der Waals surface area contributed by atoms with Crippen LogP contribution >= 0.6 is 0 Å². The Bertz CT molecular complexity index is 1290. The number of unbranched alkanes of at least 4 members (excludes halogenated alkanes) is 1. The van der Waals surface area contributed by atoms with E-state index in [-0.39, 0.29) is 36.3 Å². The van der Waals surface area contributed by atoms with Crippen molar-refractivity contribution in [3.63, 3.8) is 0 Å². The normalized spacial score (nSPS) is 13.9.